The maximum atomic E-state index is 13.2. The van der Waals surface area contributed by atoms with Gasteiger partial charge in [-0.3, -0.25) is 29.8 Å². The predicted molar refractivity (Wildman–Crippen MR) is 121 cm³/mol. The van der Waals surface area contributed by atoms with Crippen LogP contribution >= 0.6 is 0 Å². The number of para-hydroxylation sites is 1. The number of amides is 1. The standard InChI is InChI=1S/C22H20N6O5/c1-13-20(28(31)32)14(2)26(24-13)12-19(29)25-27-21(15-7-6-8-16(11-15)33-3)23-18-10-5-4-9-17(18)22(27)30/h4-11H,12H2,1-3H3,(H,25,29). The van der Waals surface area contributed by atoms with E-state index in [4.69, 9.17) is 4.74 Å². The van der Waals surface area contributed by atoms with Crippen LogP contribution < -0.4 is 15.7 Å². The average molecular weight is 448 g/mol. The highest BCUT2D eigenvalue weighted by molar-refractivity contribution is 5.86. The van der Waals surface area contributed by atoms with Crippen molar-refractivity contribution in [2.45, 2.75) is 20.4 Å². The molecule has 0 aliphatic rings. The number of nitrogens with one attached hydrogen (secondary N) is 1. The van der Waals surface area contributed by atoms with Gasteiger partial charge in [-0.2, -0.15) is 9.77 Å². The molecule has 33 heavy (non-hydrogen) atoms. The van der Waals surface area contributed by atoms with E-state index in [1.54, 1.807) is 48.5 Å². The predicted octanol–water partition coefficient (Wildman–Crippen LogP) is 2.56. The van der Waals surface area contributed by atoms with Gasteiger partial charge < -0.3 is 4.74 Å². The molecule has 0 saturated carbocycles. The van der Waals surface area contributed by atoms with E-state index in [0.717, 1.165) is 4.68 Å². The quantitative estimate of drug-likeness (QED) is 0.354. The van der Waals surface area contributed by atoms with Crippen LogP contribution in [0.5, 0.6) is 5.75 Å². The van der Waals surface area contributed by atoms with Gasteiger partial charge in [-0.15, -0.1) is 0 Å². The van der Waals surface area contributed by atoms with Gasteiger partial charge in [-0.1, -0.05) is 24.3 Å². The number of carbonyl (C=O) groups is 1. The van der Waals surface area contributed by atoms with Crippen molar-refractivity contribution in [3.8, 4) is 17.1 Å². The SMILES string of the molecule is COc1cccc(-c2nc3ccccc3c(=O)n2NC(=O)Cn2nc(C)c([N+](=O)[O-])c2C)c1. The Morgan fingerprint density at radius 3 is 2.64 bits per heavy atom. The Bertz CT molecular complexity index is 1460. The van der Waals surface area contributed by atoms with Crippen LogP contribution in [0.4, 0.5) is 5.69 Å². The molecule has 0 aliphatic carbocycles. The lowest BCUT2D eigenvalue weighted by Crippen LogP contribution is -2.37. The number of methoxy groups -OCH3 is 1. The van der Waals surface area contributed by atoms with E-state index in [-0.39, 0.29) is 29.4 Å². The van der Waals surface area contributed by atoms with Gasteiger partial charge in [0, 0.05) is 5.56 Å². The normalized spacial score (nSPS) is 10.9. The number of ether oxygens (including phenoxy) is 1. The minimum Gasteiger partial charge on any atom is -0.497 e. The molecule has 11 heteroatoms. The fraction of sp³-hybridized carbons (Fsp3) is 0.182. The first-order valence-corrected chi connectivity index (χ1v) is 9.94. The van der Waals surface area contributed by atoms with Gasteiger partial charge in [0.25, 0.3) is 11.5 Å². The summed E-state index contributed by atoms with van der Waals surface area (Å²) in [4.78, 5) is 41.4. The van der Waals surface area contributed by atoms with E-state index in [2.05, 4.69) is 15.5 Å². The van der Waals surface area contributed by atoms with Gasteiger partial charge in [0.1, 0.15) is 23.7 Å². The van der Waals surface area contributed by atoms with E-state index in [0.29, 0.717) is 22.2 Å². The van der Waals surface area contributed by atoms with Gasteiger partial charge in [-0.05, 0) is 38.1 Å². The second-order valence-electron chi connectivity index (χ2n) is 7.29. The first kappa shape index (κ1) is 21.7. The van der Waals surface area contributed by atoms with Crippen LogP contribution in [0.3, 0.4) is 0 Å². The summed E-state index contributed by atoms with van der Waals surface area (Å²) in [6, 6.07) is 13.7. The second kappa shape index (κ2) is 8.54. The summed E-state index contributed by atoms with van der Waals surface area (Å²) in [5.74, 6) is 0.173. The van der Waals surface area contributed by atoms with Crippen LogP contribution in [-0.2, 0) is 11.3 Å². The molecular formula is C22H20N6O5. The number of hydrogen-bond donors (Lipinski definition) is 1. The zero-order valence-electron chi connectivity index (χ0n) is 18.1. The summed E-state index contributed by atoms with van der Waals surface area (Å²) in [5.41, 5.74) is 3.42. The van der Waals surface area contributed by atoms with Crippen molar-refractivity contribution in [1.29, 1.82) is 0 Å². The summed E-state index contributed by atoms with van der Waals surface area (Å²) in [5, 5.41) is 15.7. The Balaban J connectivity index is 1.77. The lowest BCUT2D eigenvalue weighted by atomic mass is 10.2. The van der Waals surface area contributed by atoms with E-state index in [9.17, 15) is 19.7 Å². The zero-order chi connectivity index (χ0) is 23.7. The number of benzene rings is 2. The van der Waals surface area contributed by atoms with Crippen molar-refractivity contribution < 1.29 is 14.5 Å². The Morgan fingerprint density at radius 2 is 1.94 bits per heavy atom. The summed E-state index contributed by atoms with van der Waals surface area (Å²) in [6.07, 6.45) is 0. The molecule has 2 heterocycles. The van der Waals surface area contributed by atoms with E-state index < -0.39 is 16.4 Å². The van der Waals surface area contributed by atoms with Gasteiger partial charge in [0.15, 0.2) is 5.82 Å². The number of fused-ring (bicyclic) bond motifs is 1. The molecule has 0 radical (unpaired) electrons. The first-order valence-electron chi connectivity index (χ1n) is 9.94. The van der Waals surface area contributed by atoms with Gasteiger partial charge >= 0.3 is 5.69 Å². The number of aryl methyl sites for hydroxylation is 1. The Kier molecular flexibility index (Phi) is 5.61. The monoisotopic (exact) mass is 448 g/mol. The largest absolute Gasteiger partial charge is 0.497 e. The molecule has 0 spiro atoms. The van der Waals surface area contributed by atoms with Crippen molar-refractivity contribution in [1.82, 2.24) is 19.4 Å². The molecular weight excluding hydrogens is 428 g/mol. The summed E-state index contributed by atoms with van der Waals surface area (Å²) < 4.78 is 7.57. The fourth-order valence-corrected chi connectivity index (χ4v) is 3.59. The maximum absolute atomic E-state index is 13.2. The molecule has 2 aromatic carbocycles. The van der Waals surface area contributed by atoms with Crippen molar-refractivity contribution in [2.75, 3.05) is 12.5 Å². The number of hydrogen-bond acceptors (Lipinski definition) is 7. The van der Waals surface area contributed by atoms with Gasteiger partial charge in [0.05, 0.1) is 22.9 Å². The second-order valence-corrected chi connectivity index (χ2v) is 7.29. The highest BCUT2D eigenvalue weighted by Gasteiger charge is 2.23. The van der Waals surface area contributed by atoms with E-state index in [1.807, 2.05) is 0 Å². The maximum Gasteiger partial charge on any atom is 0.312 e. The molecule has 0 atom stereocenters. The van der Waals surface area contributed by atoms with Crippen molar-refractivity contribution in [3.05, 3.63) is 80.4 Å². The van der Waals surface area contributed by atoms with Gasteiger partial charge in [-0.25, -0.2) is 4.98 Å². The summed E-state index contributed by atoms with van der Waals surface area (Å²) in [7, 11) is 1.52. The lowest BCUT2D eigenvalue weighted by Gasteiger charge is -2.15. The fourth-order valence-electron chi connectivity index (χ4n) is 3.59. The smallest absolute Gasteiger partial charge is 0.312 e. The molecule has 1 amide bonds. The Labute approximate surface area is 187 Å². The minimum atomic E-state index is -0.598. The van der Waals surface area contributed by atoms with Crippen molar-refractivity contribution >= 4 is 22.5 Å². The number of rotatable bonds is 6. The van der Waals surface area contributed by atoms with E-state index in [1.165, 1.54) is 25.6 Å². The molecule has 2 aromatic heterocycles. The third-order valence-corrected chi connectivity index (χ3v) is 5.16. The topological polar surface area (TPSA) is 134 Å². The highest BCUT2D eigenvalue weighted by Crippen LogP contribution is 2.23. The van der Waals surface area contributed by atoms with Crippen LogP contribution in [0, 0.1) is 24.0 Å². The Morgan fingerprint density at radius 1 is 1.18 bits per heavy atom. The third-order valence-electron chi connectivity index (χ3n) is 5.16. The van der Waals surface area contributed by atoms with Crippen LogP contribution in [0.25, 0.3) is 22.3 Å². The molecule has 0 aliphatic heterocycles. The first-order chi connectivity index (χ1) is 15.8. The number of nitro groups is 1. The summed E-state index contributed by atoms with van der Waals surface area (Å²) >= 11 is 0. The molecule has 0 saturated heterocycles. The number of aromatic nitrogens is 4. The molecule has 4 aromatic rings. The number of nitrogens with zero attached hydrogens (tertiary/aromatic N) is 5. The van der Waals surface area contributed by atoms with Crippen LogP contribution in [-0.4, -0.2) is 37.4 Å². The highest BCUT2D eigenvalue weighted by atomic mass is 16.6. The molecule has 0 unspecified atom stereocenters. The lowest BCUT2D eigenvalue weighted by molar-refractivity contribution is -0.386. The Hall–Kier alpha value is -4.54. The van der Waals surface area contributed by atoms with Crippen LogP contribution in [0.15, 0.2) is 53.3 Å². The average Bonchev–Trinajstić information content (AvgIpc) is 3.08. The van der Waals surface area contributed by atoms with Crippen molar-refractivity contribution in [3.63, 3.8) is 0 Å². The molecule has 1 N–H and O–H groups in total. The molecule has 168 valence electrons. The zero-order valence-corrected chi connectivity index (χ0v) is 18.1. The molecule has 4 rings (SSSR count). The van der Waals surface area contributed by atoms with E-state index >= 15 is 0 Å². The summed E-state index contributed by atoms with van der Waals surface area (Å²) in [6.45, 7) is 2.69. The minimum absolute atomic E-state index is 0.149. The third kappa shape index (κ3) is 4.03. The number of carbonyl (C=O) groups excluding carboxylic acids is 1. The molecule has 0 bridgehead atoms. The van der Waals surface area contributed by atoms with Crippen molar-refractivity contribution in [2.24, 2.45) is 0 Å². The molecule has 0 fully saturated rings. The molecule has 11 nitrogen and oxygen atoms in total. The van der Waals surface area contributed by atoms with Crippen LogP contribution in [0.1, 0.15) is 11.4 Å². The van der Waals surface area contributed by atoms with Crippen LogP contribution in [0.2, 0.25) is 0 Å². The van der Waals surface area contributed by atoms with Gasteiger partial charge in [0.2, 0.25) is 0 Å².